The van der Waals surface area contributed by atoms with Crippen LogP contribution in [0.3, 0.4) is 0 Å². The maximum atomic E-state index is 10.3. The van der Waals surface area contributed by atoms with Gasteiger partial charge in [0.05, 0.1) is 6.10 Å². The average molecular weight is 245 g/mol. The van der Waals surface area contributed by atoms with Gasteiger partial charge in [-0.3, -0.25) is 4.98 Å². The van der Waals surface area contributed by atoms with Crippen molar-refractivity contribution in [2.45, 2.75) is 39.3 Å². The SMILES string of the molecule is CCCn1ccnc1CC(O)c1ccncc1C. The summed E-state index contributed by atoms with van der Waals surface area (Å²) in [5.41, 5.74) is 1.94. The number of hydrogen-bond acceptors (Lipinski definition) is 3. The van der Waals surface area contributed by atoms with Crippen LogP contribution in [-0.4, -0.2) is 19.6 Å². The molecule has 1 atom stereocenters. The summed E-state index contributed by atoms with van der Waals surface area (Å²) < 4.78 is 2.10. The van der Waals surface area contributed by atoms with Crippen LogP contribution in [0.4, 0.5) is 0 Å². The van der Waals surface area contributed by atoms with Crippen LogP contribution in [0.25, 0.3) is 0 Å². The number of aryl methyl sites for hydroxylation is 2. The summed E-state index contributed by atoms with van der Waals surface area (Å²) >= 11 is 0. The van der Waals surface area contributed by atoms with Crippen molar-refractivity contribution in [2.75, 3.05) is 0 Å². The fourth-order valence-corrected chi connectivity index (χ4v) is 2.12. The molecule has 0 saturated heterocycles. The second-order valence-corrected chi connectivity index (χ2v) is 4.49. The average Bonchev–Trinajstić information content (AvgIpc) is 2.78. The van der Waals surface area contributed by atoms with E-state index in [1.165, 1.54) is 0 Å². The number of aliphatic hydroxyl groups is 1. The molecule has 0 aliphatic carbocycles. The first-order valence-electron chi connectivity index (χ1n) is 6.31. The van der Waals surface area contributed by atoms with Crippen LogP contribution in [0.1, 0.15) is 36.4 Å². The summed E-state index contributed by atoms with van der Waals surface area (Å²) in [5.74, 6) is 0.931. The number of aliphatic hydroxyl groups excluding tert-OH is 1. The summed E-state index contributed by atoms with van der Waals surface area (Å²) in [6.45, 7) is 5.04. The Kier molecular flexibility index (Phi) is 4.10. The topological polar surface area (TPSA) is 50.9 Å². The highest BCUT2D eigenvalue weighted by Crippen LogP contribution is 2.20. The predicted octanol–water partition coefficient (Wildman–Crippen LogP) is 2.27. The molecule has 0 aliphatic rings. The third-order valence-corrected chi connectivity index (χ3v) is 3.06. The molecule has 0 saturated carbocycles. The minimum absolute atomic E-state index is 0.522. The molecule has 0 bridgehead atoms. The quantitative estimate of drug-likeness (QED) is 0.879. The van der Waals surface area contributed by atoms with Gasteiger partial charge in [0, 0.05) is 37.8 Å². The zero-order chi connectivity index (χ0) is 13.0. The van der Waals surface area contributed by atoms with E-state index in [0.29, 0.717) is 6.42 Å². The minimum atomic E-state index is -0.522. The van der Waals surface area contributed by atoms with E-state index in [1.807, 2.05) is 19.2 Å². The predicted molar refractivity (Wildman–Crippen MR) is 70.2 cm³/mol. The van der Waals surface area contributed by atoms with Crippen LogP contribution in [0.2, 0.25) is 0 Å². The van der Waals surface area contributed by atoms with Gasteiger partial charge in [0.15, 0.2) is 0 Å². The van der Waals surface area contributed by atoms with E-state index in [0.717, 1.165) is 29.9 Å². The Balaban J connectivity index is 2.14. The first-order valence-corrected chi connectivity index (χ1v) is 6.31. The van der Waals surface area contributed by atoms with Crippen molar-refractivity contribution in [2.24, 2.45) is 0 Å². The number of nitrogens with zero attached hydrogens (tertiary/aromatic N) is 3. The summed E-state index contributed by atoms with van der Waals surface area (Å²) in [6, 6.07) is 1.87. The number of pyridine rings is 1. The van der Waals surface area contributed by atoms with E-state index in [1.54, 1.807) is 18.6 Å². The van der Waals surface area contributed by atoms with Gasteiger partial charge < -0.3 is 9.67 Å². The molecule has 4 heteroatoms. The van der Waals surface area contributed by atoms with Crippen LogP contribution in [-0.2, 0) is 13.0 Å². The molecule has 0 aromatic carbocycles. The van der Waals surface area contributed by atoms with Gasteiger partial charge in [-0.15, -0.1) is 0 Å². The lowest BCUT2D eigenvalue weighted by Crippen LogP contribution is -2.10. The molecule has 0 radical (unpaired) electrons. The zero-order valence-electron chi connectivity index (χ0n) is 10.9. The maximum absolute atomic E-state index is 10.3. The Labute approximate surface area is 107 Å². The van der Waals surface area contributed by atoms with Crippen LogP contribution < -0.4 is 0 Å². The summed E-state index contributed by atoms with van der Waals surface area (Å²) in [4.78, 5) is 8.36. The van der Waals surface area contributed by atoms with Gasteiger partial charge in [-0.25, -0.2) is 4.98 Å². The van der Waals surface area contributed by atoms with Crippen LogP contribution >= 0.6 is 0 Å². The largest absolute Gasteiger partial charge is 0.388 e. The summed E-state index contributed by atoms with van der Waals surface area (Å²) in [6.07, 6.45) is 8.32. The highest BCUT2D eigenvalue weighted by atomic mass is 16.3. The van der Waals surface area contributed by atoms with Gasteiger partial charge in [0.25, 0.3) is 0 Å². The minimum Gasteiger partial charge on any atom is -0.388 e. The lowest BCUT2D eigenvalue weighted by Gasteiger charge is -2.14. The number of rotatable bonds is 5. The van der Waals surface area contributed by atoms with Gasteiger partial charge in [-0.05, 0) is 30.5 Å². The molecule has 4 nitrogen and oxygen atoms in total. The lowest BCUT2D eigenvalue weighted by molar-refractivity contribution is 0.173. The molecule has 2 heterocycles. The van der Waals surface area contributed by atoms with Gasteiger partial charge in [-0.1, -0.05) is 6.92 Å². The van der Waals surface area contributed by atoms with Gasteiger partial charge in [-0.2, -0.15) is 0 Å². The Bertz CT molecular complexity index is 507. The fraction of sp³-hybridized carbons (Fsp3) is 0.429. The molecule has 0 amide bonds. The van der Waals surface area contributed by atoms with E-state index in [4.69, 9.17) is 0 Å². The van der Waals surface area contributed by atoms with E-state index in [-0.39, 0.29) is 0 Å². The zero-order valence-corrected chi connectivity index (χ0v) is 10.9. The van der Waals surface area contributed by atoms with Gasteiger partial charge in [0.1, 0.15) is 5.82 Å². The molecule has 18 heavy (non-hydrogen) atoms. The number of hydrogen-bond donors (Lipinski definition) is 1. The monoisotopic (exact) mass is 245 g/mol. The Morgan fingerprint density at radius 2 is 2.22 bits per heavy atom. The standard InChI is InChI=1S/C14H19N3O/c1-3-7-17-8-6-16-14(17)9-13(18)12-4-5-15-10-11(12)2/h4-6,8,10,13,18H,3,7,9H2,1-2H3. The van der Waals surface area contributed by atoms with Crippen molar-refractivity contribution in [3.05, 3.63) is 47.8 Å². The van der Waals surface area contributed by atoms with Gasteiger partial charge >= 0.3 is 0 Å². The van der Waals surface area contributed by atoms with Crippen molar-refractivity contribution in [1.82, 2.24) is 14.5 Å². The second-order valence-electron chi connectivity index (χ2n) is 4.49. The molecule has 1 unspecified atom stereocenters. The first kappa shape index (κ1) is 12.8. The third kappa shape index (κ3) is 2.76. The van der Waals surface area contributed by atoms with Crippen LogP contribution in [0.15, 0.2) is 30.9 Å². The Hall–Kier alpha value is -1.68. The highest BCUT2D eigenvalue weighted by molar-refractivity contribution is 5.24. The van der Waals surface area contributed by atoms with Crippen molar-refractivity contribution < 1.29 is 5.11 Å². The molecule has 96 valence electrons. The van der Waals surface area contributed by atoms with E-state index in [2.05, 4.69) is 21.5 Å². The van der Waals surface area contributed by atoms with Crippen molar-refractivity contribution in [1.29, 1.82) is 0 Å². The summed E-state index contributed by atoms with van der Waals surface area (Å²) in [7, 11) is 0. The van der Waals surface area contributed by atoms with Crippen molar-refractivity contribution >= 4 is 0 Å². The molecule has 2 rings (SSSR count). The second kappa shape index (κ2) is 5.78. The lowest BCUT2D eigenvalue weighted by atomic mass is 10.0. The Morgan fingerprint density at radius 3 is 2.94 bits per heavy atom. The first-order chi connectivity index (χ1) is 8.72. The molecule has 2 aromatic heterocycles. The third-order valence-electron chi connectivity index (χ3n) is 3.06. The van der Waals surface area contributed by atoms with E-state index < -0.39 is 6.10 Å². The normalized spacial score (nSPS) is 12.6. The van der Waals surface area contributed by atoms with E-state index >= 15 is 0 Å². The molecule has 1 N–H and O–H groups in total. The van der Waals surface area contributed by atoms with Gasteiger partial charge in [0.2, 0.25) is 0 Å². The summed E-state index contributed by atoms with van der Waals surface area (Å²) in [5, 5.41) is 10.3. The smallest absolute Gasteiger partial charge is 0.111 e. The highest BCUT2D eigenvalue weighted by Gasteiger charge is 2.14. The maximum Gasteiger partial charge on any atom is 0.111 e. The molecular formula is C14H19N3O. The van der Waals surface area contributed by atoms with E-state index in [9.17, 15) is 5.11 Å². The van der Waals surface area contributed by atoms with Crippen molar-refractivity contribution in [3.63, 3.8) is 0 Å². The molecular weight excluding hydrogens is 226 g/mol. The number of aromatic nitrogens is 3. The number of imidazole rings is 1. The molecule has 0 aliphatic heterocycles. The molecule has 2 aromatic rings. The fourth-order valence-electron chi connectivity index (χ4n) is 2.12. The molecule has 0 fully saturated rings. The van der Waals surface area contributed by atoms with Crippen LogP contribution in [0.5, 0.6) is 0 Å². The molecule has 0 spiro atoms. The van der Waals surface area contributed by atoms with Crippen molar-refractivity contribution in [3.8, 4) is 0 Å². The van der Waals surface area contributed by atoms with Crippen LogP contribution in [0, 0.1) is 6.92 Å². The Morgan fingerprint density at radius 1 is 1.39 bits per heavy atom.